The lowest BCUT2D eigenvalue weighted by atomic mass is 10.3. The molecule has 8 nitrogen and oxygen atoms in total. The summed E-state index contributed by atoms with van der Waals surface area (Å²) in [5.74, 6) is 2.66. The maximum absolute atomic E-state index is 4.26. The van der Waals surface area contributed by atoms with E-state index >= 15 is 0 Å². The standard InChI is InChI=1S/C12H16N8/c1-8-17-18-10(19(8)2)4-5-13-11-9-6-16-20(3)12(9)15-7-14-11/h6-7H,4-5H2,1-3H3,(H,13,14,15). The Morgan fingerprint density at radius 1 is 1.20 bits per heavy atom. The first kappa shape index (κ1) is 12.5. The maximum atomic E-state index is 4.26. The molecule has 0 radical (unpaired) electrons. The van der Waals surface area contributed by atoms with E-state index in [0.29, 0.717) is 0 Å². The molecule has 0 unspecified atom stereocenters. The van der Waals surface area contributed by atoms with Gasteiger partial charge in [-0.05, 0) is 6.92 Å². The largest absolute Gasteiger partial charge is 0.369 e. The number of hydrogen-bond acceptors (Lipinski definition) is 6. The topological polar surface area (TPSA) is 86.3 Å². The van der Waals surface area contributed by atoms with Crippen molar-refractivity contribution in [2.75, 3.05) is 11.9 Å². The van der Waals surface area contributed by atoms with Crippen molar-refractivity contribution in [1.82, 2.24) is 34.5 Å². The van der Waals surface area contributed by atoms with Gasteiger partial charge in [-0.1, -0.05) is 0 Å². The molecule has 0 aliphatic carbocycles. The molecule has 1 N–H and O–H groups in total. The highest BCUT2D eigenvalue weighted by atomic mass is 15.3. The van der Waals surface area contributed by atoms with Crippen LogP contribution in [-0.2, 0) is 20.5 Å². The van der Waals surface area contributed by atoms with Crippen molar-refractivity contribution in [3.05, 3.63) is 24.2 Å². The summed E-state index contributed by atoms with van der Waals surface area (Å²) >= 11 is 0. The molecule has 104 valence electrons. The summed E-state index contributed by atoms with van der Waals surface area (Å²) in [4.78, 5) is 8.47. The van der Waals surface area contributed by atoms with Gasteiger partial charge in [0, 0.05) is 27.1 Å². The van der Waals surface area contributed by atoms with E-state index in [1.807, 2.05) is 25.6 Å². The number of nitrogens with one attached hydrogen (secondary N) is 1. The van der Waals surface area contributed by atoms with E-state index in [2.05, 4.69) is 30.6 Å². The first-order valence-corrected chi connectivity index (χ1v) is 6.38. The van der Waals surface area contributed by atoms with Crippen LogP contribution in [0.4, 0.5) is 5.82 Å². The fourth-order valence-corrected chi connectivity index (χ4v) is 2.06. The molecule has 0 saturated carbocycles. The molecule has 0 aromatic carbocycles. The summed E-state index contributed by atoms with van der Waals surface area (Å²) in [5.41, 5.74) is 0.817. The maximum Gasteiger partial charge on any atom is 0.163 e. The molecule has 0 fully saturated rings. The van der Waals surface area contributed by atoms with Crippen molar-refractivity contribution in [3.8, 4) is 0 Å². The van der Waals surface area contributed by atoms with Crippen LogP contribution in [0, 0.1) is 6.92 Å². The molecule has 0 spiro atoms. The van der Waals surface area contributed by atoms with Crippen LogP contribution in [0.15, 0.2) is 12.5 Å². The van der Waals surface area contributed by atoms with Crippen molar-refractivity contribution in [3.63, 3.8) is 0 Å². The lowest BCUT2D eigenvalue weighted by Gasteiger charge is -2.06. The van der Waals surface area contributed by atoms with Gasteiger partial charge in [0.1, 0.15) is 23.8 Å². The number of aromatic nitrogens is 7. The van der Waals surface area contributed by atoms with E-state index in [0.717, 1.165) is 41.5 Å². The van der Waals surface area contributed by atoms with Gasteiger partial charge in [-0.25, -0.2) is 9.97 Å². The Kier molecular flexibility index (Phi) is 3.05. The zero-order chi connectivity index (χ0) is 14.1. The minimum Gasteiger partial charge on any atom is -0.369 e. The molecule has 0 aliphatic rings. The number of anilines is 1. The molecule has 8 heteroatoms. The van der Waals surface area contributed by atoms with E-state index in [1.54, 1.807) is 17.2 Å². The third kappa shape index (κ3) is 2.09. The molecule has 0 aliphatic heterocycles. The fraction of sp³-hybridized carbons (Fsp3) is 0.417. The quantitative estimate of drug-likeness (QED) is 0.742. The summed E-state index contributed by atoms with van der Waals surface area (Å²) in [6, 6.07) is 0. The lowest BCUT2D eigenvalue weighted by molar-refractivity contribution is 0.770. The highest BCUT2D eigenvalue weighted by Gasteiger charge is 2.08. The minimum absolute atomic E-state index is 0.729. The molecule has 3 rings (SSSR count). The Labute approximate surface area is 115 Å². The van der Waals surface area contributed by atoms with E-state index < -0.39 is 0 Å². The molecule has 3 aromatic rings. The average molecular weight is 272 g/mol. The Balaban J connectivity index is 1.73. The number of hydrogen-bond donors (Lipinski definition) is 1. The predicted molar refractivity (Wildman–Crippen MR) is 74.2 cm³/mol. The molecular weight excluding hydrogens is 256 g/mol. The fourth-order valence-electron chi connectivity index (χ4n) is 2.06. The normalized spacial score (nSPS) is 11.2. The van der Waals surface area contributed by atoms with Crippen molar-refractivity contribution >= 4 is 16.9 Å². The summed E-state index contributed by atoms with van der Waals surface area (Å²) in [7, 11) is 3.83. The summed E-state index contributed by atoms with van der Waals surface area (Å²) in [6.45, 7) is 2.67. The van der Waals surface area contributed by atoms with Gasteiger partial charge < -0.3 is 9.88 Å². The van der Waals surface area contributed by atoms with Gasteiger partial charge in [0.15, 0.2) is 5.65 Å². The zero-order valence-corrected chi connectivity index (χ0v) is 11.7. The molecule has 20 heavy (non-hydrogen) atoms. The van der Waals surface area contributed by atoms with Crippen LogP contribution in [0.3, 0.4) is 0 Å². The first-order valence-electron chi connectivity index (χ1n) is 6.38. The first-order chi connectivity index (χ1) is 9.66. The van der Waals surface area contributed by atoms with E-state index in [9.17, 15) is 0 Å². The van der Waals surface area contributed by atoms with Gasteiger partial charge in [-0.3, -0.25) is 4.68 Å². The van der Waals surface area contributed by atoms with Crippen molar-refractivity contribution in [2.45, 2.75) is 13.3 Å². The monoisotopic (exact) mass is 272 g/mol. The van der Waals surface area contributed by atoms with Gasteiger partial charge in [0.2, 0.25) is 0 Å². The van der Waals surface area contributed by atoms with Crippen molar-refractivity contribution in [1.29, 1.82) is 0 Å². The van der Waals surface area contributed by atoms with Gasteiger partial charge >= 0.3 is 0 Å². The van der Waals surface area contributed by atoms with Crippen LogP contribution in [-0.4, -0.2) is 41.1 Å². The molecule has 0 bridgehead atoms. The van der Waals surface area contributed by atoms with Crippen molar-refractivity contribution < 1.29 is 0 Å². The lowest BCUT2D eigenvalue weighted by Crippen LogP contribution is -2.10. The molecular formula is C12H16N8. The average Bonchev–Trinajstić information content (AvgIpc) is 2.97. The number of aryl methyl sites for hydroxylation is 2. The Bertz CT molecular complexity index is 741. The van der Waals surface area contributed by atoms with Crippen LogP contribution in [0.2, 0.25) is 0 Å². The number of nitrogens with zero attached hydrogens (tertiary/aromatic N) is 7. The molecule has 3 aromatic heterocycles. The third-order valence-corrected chi connectivity index (χ3v) is 3.35. The van der Waals surface area contributed by atoms with Crippen LogP contribution >= 0.6 is 0 Å². The van der Waals surface area contributed by atoms with Gasteiger partial charge in [-0.15, -0.1) is 10.2 Å². The van der Waals surface area contributed by atoms with Crippen LogP contribution in [0.5, 0.6) is 0 Å². The summed E-state index contributed by atoms with van der Waals surface area (Å²) < 4.78 is 3.72. The summed E-state index contributed by atoms with van der Waals surface area (Å²) in [5, 5.41) is 16.6. The van der Waals surface area contributed by atoms with E-state index in [-0.39, 0.29) is 0 Å². The Morgan fingerprint density at radius 2 is 2.05 bits per heavy atom. The zero-order valence-electron chi connectivity index (χ0n) is 11.7. The second-order valence-electron chi connectivity index (χ2n) is 4.63. The van der Waals surface area contributed by atoms with E-state index in [4.69, 9.17) is 0 Å². The second-order valence-corrected chi connectivity index (χ2v) is 4.63. The Morgan fingerprint density at radius 3 is 2.80 bits per heavy atom. The van der Waals surface area contributed by atoms with Gasteiger partial charge in [0.25, 0.3) is 0 Å². The SMILES string of the molecule is Cc1nnc(CCNc2ncnc3c2cnn3C)n1C. The van der Waals surface area contributed by atoms with E-state index in [1.165, 1.54) is 0 Å². The molecule has 0 amide bonds. The van der Waals surface area contributed by atoms with Crippen molar-refractivity contribution in [2.24, 2.45) is 14.1 Å². The molecule has 0 saturated heterocycles. The Hall–Kier alpha value is -2.51. The van der Waals surface area contributed by atoms with Crippen LogP contribution < -0.4 is 5.32 Å². The third-order valence-electron chi connectivity index (χ3n) is 3.35. The minimum atomic E-state index is 0.729. The number of rotatable bonds is 4. The molecule has 3 heterocycles. The second kappa shape index (κ2) is 4.87. The number of fused-ring (bicyclic) bond motifs is 1. The van der Waals surface area contributed by atoms with Crippen LogP contribution in [0.1, 0.15) is 11.6 Å². The molecule has 0 atom stereocenters. The van der Waals surface area contributed by atoms with Crippen LogP contribution in [0.25, 0.3) is 11.0 Å². The predicted octanol–water partition coefficient (Wildman–Crippen LogP) is 0.455. The van der Waals surface area contributed by atoms with Gasteiger partial charge in [-0.2, -0.15) is 5.10 Å². The summed E-state index contributed by atoms with van der Waals surface area (Å²) in [6.07, 6.45) is 4.09. The van der Waals surface area contributed by atoms with Gasteiger partial charge in [0.05, 0.1) is 11.6 Å². The smallest absolute Gasteiger partial charge is 0.163 e. The highest BCUT2D eigenvalue weighted by molar-refractivity contribution is 5.85. The highest BCUT2D eigenvalue weighted by Crippen LogP contribution is 2.17.